The monoisotopic (exact) mass is 114 g/mol. The summed E-state index contributed by atoms with van der Waals surface area (Å²) in [6.07, 6.45) is 3.07. The van der Waals surface area contributed by atoms with Gasteiger partial charge in [-0.1, -0.05) is 31.9 Å². The molecule has 0 aromatic heterocycles. The molecule has 0 N–H and O–H groups in total. The fraction of sp³-hybridized carbons (Fsp3) is 1.00. The van der Waals surface area contributed by atoms with Crippen LogP contribution in [0.3, 0.4) is 0 Å². The molecule has 0 saturated carbocycles. The third-order valence-corrected chi connectivity index (χ3v) is 4.29. The van der Waals surface area contributed by atoms with Gasteiger partial charge >= 0.3 is 0 Å². The van der Waals surface area contributed by atoms with E-state index >= 15 is 0 Å². The Bertz CT molecular complexity index is 46.1. The molecule has 1 atom stereocenters. The van der Waals surface area contributed by atoms with E-state index in [9.17, 15) is 0 Å². The Balaban J connectivity index is 2.12. The first kappa shape index (κ1) is 5.36. The first-order chi connectivity index (χ1) is 3.39. The van der Waals surface area contributed by atoms with Crippen molar-refractivity contribution in [3.8, 4) is 0 Å². The van der Waals surface area contributed by atoms with Crippen molar-refractivity contribution in [1.82, 2.24) is 0 Å². The fourth-order valence-electron chi connectivity index (χ4n) is 1.31. The quantitative estimate of drug-likeness (QED) is 0.418. The Hall–Kier alpha value is 0.217. The zero-order valence-corrected chi connectivity index (χ0v) is 6.53. The summed E-state index contributed by atoms with van der Waals surface area (Å²) in [5, 5.41) is 0. The summed E-state index contributed by atoms with van der Waals surface area (Å²) < 4.78 is 0. The molecule has 0 nitrogen and oxygen atoms in total. The smallest absolute Gasteiger partial charge is 0.0200 e. The van der Waals surface area contributed by atoms with Crippen LogP contribution < -0.4 is 0 Å². The average molecular weight is 114 g/mol. The molecule has 1 aliphatic rings. The molecule has 42 valence electrons. The van der Waals surface area contributed by atoms with Crippen LogP contribution >= 0.6 is 0 Å². The van der Waals surface area contributed by atoms with Crippen LogP contribution in [0.2, 0.25) is 12.1 Å². The summed E-state index contributed by atoms with van der Waals surface area (Å²) in [5.74, 6) is 1.10. The molecule has 1 heterocycles. The molecule has 1 rings (SSSR count). The highest BCUT2D eigenvalue weighted by atomic mass is 28.2. The zero-order valence-electron chi connectivity index (χ0n) is 5.11. The van der Waals surface area contributed by atoms with E-state index in [-0.39, 0.29) is 0 Å². The maximum Gasteiger partial charge on any atom is 0.0200 e. The molecule has 1 aliphatic heterocycles. The van der Waals surface area contributed by atoms with E-state index in [1.54, 1.807) is 18.5 Å². The minimum atomic E-state index is 0.461. The minimum Gasteiger partial charge on any atom is -0.0628 e. The van der Waals surface area contributed by atoms with Crippen molar-refractivity contribution >= 4 is 9.52 Å². The standard InChI is InChI=1S/C6H14Si/c1-6-3-2-4-7-5-6/h6H,2-5,7H2,1H3. The SMILES string of the molecule is CC1CCC[SiH2]C1. The van der Waals surface area contributed by atoms with E-state index < -0.39 is 0 Å². The third kappa shape index (κ3) is 1.64. The van der Waals surface area contributed by atoms with Crippen LogP contribution in [-0.4, -0.2) is 9.52 Å². The first-order valence-corrected chi connectivity index (χ1v) is 5.39. The van der Waals surface area contributed by atoms with Gasteiger partial charge in [0.2, 0.25) is 0 Å². The summed E-state index contributed by atoms with van der Waals surface area (Å²) in [7, 11) is 0.461. The molecule has 1 fully saturated rings. The summed E-state index contributed by atoms with van der Waals surface area (Å²) in [6, 6.07) is 3.25. The van der Waals surface area contributed by atoms with Crippen molar-refractivity contribution in [3.05, 3.63) is 0 Å². The van der Waals surface area contributed by atoms with Gasteiger partial charge in [0.25, 0.3) is 0 Å². The van der Waals surface area contributed by atoms with Crippen molar-refractivity contribution in [2.24, 2.45) is 5.92 Å². The van der Waals surface area contributed by atoms with Crippen LogP contribution in [0.25, 0.3) is 0 Å². The number of rotatable bonds is 0. The van der Waals surface area contributed by atoms with Gasteiger partial charge in [-0.2, -0.15) is 0 Å². The zero-order chi connectivity index (χ0) is 5.11. The van der Waals surface area contributed by atoms with Crippen molar-refractivity contribution < 1.29 is 0 Å². The highest BCUT2D eigenvalue weighted by molar-refractivity contribution is 6.35. The van der Waals surface area contributed by atoms with E-state index in [1.807, 2.05) is 0 Å². The molecular weight excluding hydrogens is 100 g/mol. The van der Waals surface area contributed by atoms with Crippen LogP contribution in [0.15, 0.2) is 0 Å². The molecule has 1 saturated heterocycles. The van der Waals surface area contributed by atoms with Gasteiger partial charge in [-0.15, -0.1) is 0 Å². The van der Waals surface area contributed by atoms with E-state index in [1.165, 1.54) is 6.42 Å². The lowest BCUT2D eigenvalue weighted by Gasteiger charge is -2.15. The van der Waals surface area contributed by atoms with Crippen molar-refractivity contribution in [3.63, 3.8) is 0 Å². The largest absolute Gasteiger partial charge is 0.0628 e. The van der Waals surface area contributed by atoms with Crippen molar-refractivity contribution in [2.45, 2.75) is 31.9 Å². The molecule has 0 bridgehead atoms. The third-order valence-electron chi connectivity index (χ3n) is 1.89. The van der Waals surface area contributed by atoms with Gasteiger partial charge in [0.05, 0.1) is 0 Å². The Morgan fingerprint density at radius 3 is 2.71 bits per heavy atom. The predicted octanol–water partition coefficient (Wildman–Crippen LogP) is 1.42. The second-order valence-electron chi connectivity index (χ2n) is 2.74. The first-order valence-electron chi connectivity index (χ1n) is 3.39. The molecule has 0 radical (unpaired) electrons. The number of hydrogen-bond acceptors (Lipinski definition) is 0. The lowest BCUT2D eigenvalue weighted by Crippen LogP contribution is -2.05. The lowest BCUT2D eigenvalue weighted by molar-refractivity contribution is 0.550. The van der Waals surface area contributed by atoms with Crippen LogP contribution in [0.5, 0.6) is 0 Å². The Kier molecular flexibility index (Phi) is 1.92. The normalized spacial score (nSPS) is 36.4. The van der Waals surface area contributed by atoms with Gasteiger partial charge < -0.3 is 0 Å². The van der Waals surface area contributed by atoms with Gasteiger partial charge in [-0.05, 0) is 5.92 Å². The molecular formula is C6H14Si. The molecule has 7 heavy (non-hydrogen) atoms. The fourth-order valence-corrected chi connectivity index (χ4v) is 3.22. The second kappa shape index (κ2) is 2.51. The Morgan fingerprint density at radius 2 is 2.43 bits per heavy atom. The van der Waals surface area contributed by atoms with E-state index in [2.05, 4.69) is 6.92 Å². The summed E-state index contributed by atoms with van der Waals surface area (Å²) >= 11 is 0. The Morgan fingerprint density at radius 1 is 1.57 bits per heavy atom. The topological polar surface area (TPSA) is 0 Å². The maximum atomic E-state index is 2.40. The highest BCUT2D eigenvalue weighted by Gasteiger charge is 2.06. The van der Waals surface area contributed by atoms with Crippen LogP contribution in [0.1, 0.15) is 19.8 Å². The maximum absolute atomic E-state index is 2.40. The number of hydrogen-bond donors (Lipinski definition) is 0. The molecule has 0 aromatic carbocycles. The second-order valence-corrected chi connectivity index (χ2v) is 4.73. The molecule has 0 aliphatic carbocycles. The van der Waals surface area contributed by atoms with Crippen LogP contribution in [-0.2, 0) is 0 Å². The average Bonchev–Trinajstić information content (AvgIpc) is 1.69. The Labute approximate surface area is 48.1 Å². The van der Waals surface area contributed by atoms with Gasteiger partial charge in [0.15, 0.2) is 0 Å². The molecule has 0 amide bonds. The van der Waals surface area contributed by atoms with Gasteiger partial charge in [0.1, 0.15) is 0 Å². The summed E-state index contributed by atoms with van der Waals surface area (Å²) in [6.45, 7) is 2.40. The highest BCUT2D eigenvalue weighted by Crippen LogP contribution is 2.18. The lowest BCUT2D eigenvalue weighted by atomic mass is 10.1. The van der Waals surface area contributed by atoms with Crippen LogP contribution in [0.4, 0.5) is 0 Å². The van der Waals surface area contributed by atoms with Crippen LogP contribution in [0, 0.1) is 5.92 Å². The van der Waals surface area contributed by atoms with Gasteiger partial charge in [-0.25, -0.2) is 0 Å². The molecule has 1 heteroatoms. The van der Waals surface area contributed by atoms with Crippen molar-refractivity contribution in [2.75, 3.05) is 0 Å². The molecule has 0 aromatic rings. The predicted molar refractivity (Wildman–Crippen MR) is 36.6 cm³/mol. The van der Waals surface area contributed by atoms with Crippen molar-refractivity contribution in [1.29, 1.82) is 0 Å². The van der Waals surface area contributed by atoms with Gasteiger partial charge in [0, 0.05) is 9.52 Å². The summed E-state index contributed by atoms with van der Waals surface area (Å²) in [5.41, 5.74) is 0. The van der Waals surface area contributed by atoms with E-state index in [4.69, 9.17) is 0 Å². The molecule has 0 spiro atoms. The summed E-state index contributed by atoms with van der Waals surface area (Å²) in [4.78, 5) is 0. The van der Waals surface area contributed by atoms with E-state index in [0.717, 1.165) is 5.92 Å². The van der Waals surface area contributed by atoms with E-state index in [0.29, 0.717) is 9.52 Å². The minimum absolute atomic E-state index is 0.461. The van der Waals surface area contributed by atoms with Gasteiger partial charge in [-0.3, -0.25) is 0 Å². The molecule has 1 unspecified atom stereocenters.